The minimum atomic E-state index is -0.239. The zero-order valence-corrected chi connectivity index (χ0v) is 19.9. The smallest absolute Gasteiger partial charge is 0.302 e. The lowest BCUT2D eigenvalue weighted by Crippen LogP contribution is -2.58. The van der Waals surface area contributed by atoms with Gasteiger partial charge in [0.25, 0.3) is 0 Å². The van der Waals surface area contributed by atoms with Gasteiger partial charge in [0.2, 0.25) is 0 Å². The predicted molar refractivity (Wildman–Crippen MR) is 120 cm³/mol. The number of hydrogen-bond donors (Lipinski definition) is 1. The molecule has 0 spiro atoms. The van der Waals surface area contributed by atoms with Gasteiger partial charge in [-0.15, -0.1) is 5.10 Å². The largest absolute Gasteiger partial charge is 0.462 e. The number of carbonyl (C=O) groups excluding carboxylic acids is 1. The van der Waals surface area contributed by atoms with Crippen LogP contribution in [0.2, 0.25) is 0 Å². The number of aliphatic hydroxyl groups excluding tert-OH is 1. The van der Waals surface area contributed by atoms with Crippen molar-refractivity contribution in [2.24, 2.45) is 34.5 Å². The van der Waals surface area contributed by atoms with Crippen molar-refractivity contribution in [2.75, 3.05) is 0 Å². The molecule has 32 heavy (non-hydrogen) atoms. The maximum absolute atomic E-state index is 11.8. The molecule has 6 nitrogen and oxygen atoms in total. The number of aromatic nitrogens is 3. The van der Waals surface area contributed by atoms with Crippen molar-refractivity contribution in [3.63, 3.8) is 0 Å². The molecule has 0 radical (unpaired) electrons. The highest BCUT2D eigenvalue weighted by atomic mass is 16.5. The van der Waals surface area contributed by atoms with Crippen LogP contribution in [0.1, 0.15) is 103 Å². The zero-order valence-electron chi connectivity index (χ0n) is 19.9. The Labute approximate surface area is 191 Å². The van der Waals surface area contributed by atoms with E-state index < -0.39 is 0 Å². The first-order valence-electron chi connectivity index (χ1n) is 13.1. The lowest BCUT2D eigenvalue weighted by atomic mass is 9.44. The molecule has 1 heterocycles. The second kappa shape index (κ2) is 7.28. The monoisotopic (exact) mass is 441 g/mol. The summed E-state index contributed by atoms with van der Waals surface area (Å²) in [6, 6.07) is 0.221. The molecule has 176 valence electrons. The van der Waals surface area contributed by atoms with Crippen molar-refractivity contribution in [1.29, 1.82) is 0 Å². The Hall–Kier alpha value is -1.43. The van der Waals surface area contributed by atoms with Gasteiger partial charge >= 0.3 is 5.97 Å². The van der Waals surface area contributed by atoms with Gasteiger partial charge in [-0.3, -0.25) is 4.79 Å². The van der Waals surface area contributed by atoms with Gasteiger partial charge in [-0.25, -0.2) is 4.68 Å². The van der Waals surface area contributed by atoms with E-state index in [-0.39, 0.29) is 35.0 Å². The van der Waals surface area contributed by atoms with E-state index in [0.29, 0.717) is 29.6 Å². The van der Waals surface area contributed by atoms with E-state index >= 15 is 0 Å². The van der Waals surface area contributed by atoms with Crippen LogP contribution in [0.15, 0.2) is 6.20 Å². The fourth-order valence-corrected chi connectivity index (χ4v) is 9.04. The van der Waals surface area contributed by atoms with Crippen LogP contribution in [0.3, 0.4) is 0 Å². The van der Waals surface area contributed by atoms with Crippen LogP contribution in [0.4, 0.5) is 0 Å². The average Bonchev–Trinajstić information content (AvgIpc) is 3.39. The maximum atomic E-state index is 11.8. The van der Waals surface area contributed by atoms with Crippen LogP contribution >= 0.6 is 0 Å². The second-order valence-corrected chi connectivity index (χ2v) is 12.3. The number of fused-ring (bicyclic) bond motifs is 5. The van der Waals surface area contributed by atoms with Crippen molar-refractivity contribution in [1.82, 2.24) is 15.0 Å². The molecule has 5 fully saturated rings. The lowest BCUT2D eigenvalue weighted by molar-refractivity contribution is -0.171. The summed E-state index contributed by atoms with van der Waals surface area (Å²) in [5, 5.41) is 20.0. The topological polar surface area (TPSA) is 77.2 Å². The van der Waals surface area contributed by atoms with Gasteiger partial charge in [0.05, 0.1) is 17.8 Å². The standard InChI is InChI=1S/C26H39N3O3/c1-15(30)32-24-9-8-20-19-7-6-17-12-18(31)13-23(29-14-22(27-28-29)16-4-5-16)26(17,3)21(19)10-11-25(20,24)2/h14,16-21,23-24,31H,4-13H2,1-3H3/t17-,18+,19-,20-,21-,23-,24-,25-,26-/m0/s1. The number of esters is 1. The first-order chi connectivity index (χ1) is 15.3. The molecule has 0 unspecified atom stereocenters. The summed E-state index contributed by atoms with van der Waals surface area (Å²) in [6.45, 7) is 6.47. The fourth-order valence-electron chi connectivity index (χ4n) is 9.04. The van der Waals surface area contributed by atoms with E-state index in [1.165, 1.54) is 38.5 Å². The van der Waals surface area contributed by atoms with Gasteiger partial charge in [-0.05, 0) is 93.3 Å². The van der Waals surface area contributed by atoms with Crippen LogP contribution < -0.4 is 0 Å². The SMILES string of the molecule is CC(=O)O[C@H]1CC[C@H]2[C@@H]3CC[C@H]4C[C@@H](O)C[C@H](n5cc(C6CC6)nn5)[C@]4(C)[C@H]3CC[C@]12C. The summed E-state index contributed by atoms with van der Waals surface area (Å²) in [5.41, 5.74) is 1.40. The minimum Gasteiger partial charge on any atom is -0.462 e. The summed E-state index contributed by atoms with van der Waals surface area (Å²) in [5.74, 6) is 2.97. The van der Waals surface area contributed by atoms with Crippen LogP contribution in [0.5, 0.6) is 0 Å². The number of nitrogens with zero attached hydrogens (tertiary/aromatic N) is 3. The highest BCUT2D eigenvalue weighted by Crippen LogP contribution is 2.68. The normalized spacial score (nSPS) is 47.9. The highest BCUT2D eigenvalue weighted by molar-refractivity contribution is 5.66. The zero-order chi connectivity index (χ0) is 22.3. The van der Waals surface area contributed by atoms with Gasteiger partial charge in [0.1, 0.15) is 6.10 Å². The van der Waals surface area contributed by atoms with Crippen LogP contribution in [-0.4, -0.2) is 38.3 Å². The third-order valence-corrected chi connectivity index (χ3v) is 10.8. The quantitative estimate of drug-likeness (QED) is 0.692. The van der Waals surface area contributed by atoms with E-state index in [1.54, 1.807) is 6.92 Å². The molecular weight excluding hydrogens is 402 g/mol. The summed E-state index contributed by atoms with van der Waals surface area (Å²) < 4.78 is 7.98. The van der Waals surface area contributed by atoms with Gasteiger partial charge in [0, 0.05) is 24.5 Å². The maximum Gasteiger partial charge on any atom is 0.302 e. The first-order valence-corrected chi connectivity index (χ1v) is 13.1. The second-order valence-electron chi connectivity index (χ2n) is 12.3. The molecule has 1 aromatic heterocycles. The molecule has 6 rings (SSSR count). The highest BCUT2D eigenvalue weighted by Gasteiger charge is 2.63. The summed E-state index contributed by atoms with van der Waals surface area (Å²) in [7, 11) is 0. The van der Waals surface area contributed by atoms with E-state index in [1.807, 2.05) is 0 Å². The molecule has 0 saturated heterocycles. The number of rotatable bonds is 3. The molecular formula is C26H39N3O3. The van der Waals surface area contributed by atoms with E-state index in [4.69, 9.17) is 4.74 Å². The Morgan fingerprint density at radius 1 is 1.09 bits per heavy atom. The van der Waals surface area contributed by atoms with Crippen molar-refractivity contribution in [2.45, 2.75) is 109 Å². The van der Waals surface area contributed by atoms with E-state index in [2.05, 4.69) is 35.0 Å². The summed E-state index contributed by atoms with van der Waals surface area (Å²) in [6.07, 6.45) is 13.2. The lowest BCUT2D eigenvalue weighted by Gasteiger charge is -2.62. The Morgan fingerprint density at radius 3 is 2.66 bits per heavy atom. The third-order valence-electron chi connectivity index (χ3n) is 10.8. The molecule has 0 bridgehead atoms. The molecule has 0 aromatic carbocycles. The van der Waals surface area contributed by atoms with Crippen molar-refractivity contribution >= 4 is 5.97 Å². The molecule has 5 aliphatic carbocycles. The van der Waals surface area contributed by atoms with E-state index in [0.717, 1.165) is 31.4 Å². The molecule has 9 atom stereocenters. The van der Waals surface area contributed by atoms with Crippen molar-refractivity contribution in [3.05, 3.63) is 11.9 Å². The van der Waals surface area contributed by atoms with Gasteiger partial charge in [-0.2, -0.15) is 0 Å². The van der Waals surface area contributed by atoms with Crippen LogP contribution in [0.25, 0.3) is 0 Å². The predicted octanol–water partition coefficient (Wildman–Crippen LogP) is 4.64. The van der Waals surface area contributed by atoms with Crippen molar-refractivity contribution < 1.29 is 14.6 Å². The molecule has 0 aliphatic heterocycles. The Kier molecular flexibility index (Phi) is 4.81. The fraction of sp³-hybridized carbons (Fsp3) is 0.885. The van der Waals surface area contributed by atoms with Crippen molar-refractivity contribution in [3.8, 4) is 0 Å². The number of hydrogen-bond acceptors (Lipinski definition) is 5. The Morgan fingerprint density at radius 2 is 1.91 bits per heavy atom. The first kappa shape index (κ1) is 21.1. The Bertz CT molecular complexity index is 897. The number of ether oxygens (including phenoxy) is 1. The Balaban J connectivity index is 1.33. The van der Waals surface area contributed by atoms with Crippen LogP contribution in [-0.2, 0) is 9.53 Å². The molecule has 1 N–H and O–H groups in total. The van der Waals surface area contributed by atoms with E-state index in [9.17, 15) is 9.90 Å². The summed E-state index contributed by atoms with van der Waals surface area (Å²) >= 11 is 0. The summed E-state index contributed by atoms with van der Waals surface area (Å²) in [4.78, 5) is 11.8. The van der Waals surface area contributed by atoms with Gasteiger partial charge < -0.3 is 9.84 Å². The molecule has 1 aromatic rings. The molecule has 0 amide bonds. The van der Waals surface area contributed by atoms with Crippen LogP contribution in [0, 0.1) is 34.5 Å². The number of aliphatic hydroxyl groups is 1. The minimum absolute atomic E-state index is 0.0804. The molecule has 5 saturated carbocycles. The third kappa shape index (κ3) is 3.04. The number of carbonyl (C=O) groups is 1. The molecule has 6 heteroatoms. The van der Waals surface area contributed by atoms with Gasteiger partial charge in [0.15, 0.2) is 0 Å². The van der Waals surface area contributed by atoms with Gasteiger partial charge in [-0.1, -0.05) is 19.1 Å². The average molecular weight is 442 g/mol. The molecule has 5 aliphatic rings.